The lowest BCUT2D eigenvalue weighted by atomic mass is 9.90. The summed E-state index contributed by atoms with van der Waals surface area (Å²) in [4.78, 5) is 0. The minimum atomic E-state index is 0.311. The van der Waals surface area contributed by atoms with E-state index in [-0.39, 0.29) is 0 Å². The van der Waals surface area contributed by atoms with Gasteiger partial charge in [-0.1, -0.05) is 31.2 Å². The number of ether oxygens (including phenoxy) is 1. The summed E-state index contributed by atoms with van der Waals surface area (Å²) in [6.45, 7) is 5.34. The zero-order valence-corrected chi connectivity index (χ0v) is 10.4. The summed E-state index contributed by atoms with van der Waals surface area (Å²) < 4.78 is 5.87. The van der Waals surface area contributed by atoms with E-state index in [9.17, 15) is 0 Å². The molecule has 88 valence electrons. The van der Waals surface area contributed by atoms with E-state index in [4.69, 9.17) is 4.74 Å². The molecule has 2 heteroatoms. The first-order chi connectivity index (χ1) is 7.74. The highest BCUT2D eigenvalue weighted by Gasteiger charge is 2.32. The Labute approximate surface area is 98.0 Å². The molecule has 3 atom stereocenters. The molecule has 0 aromatic heterocycles. The molecule has 1 aliphatic rings. The van der Waals surface area contributed by atoms with Gasteiger partial charge < -0.3 is 10.1 Å². The maximum atomic E-state index is 5.87. The van der Waals surface area contributed by atoms with Crippen LogP contribution in [0.5, 0.6) is 0 Å². The Hall–Kier alpha value is -0.860. The average Bonchev–Trinajstić information content (AvgIpc) is 2.69. The topological polar surface area (TPSA) is 21.3 Å². The molecule has 0 radical (unpaired) electrons. The fourth-order valence-corrected chi connectivity index (χ4v) is 2.58. The van der Waals surface area contributed by atoms with Crippen LogP contribution in [0.1, 0.15) is 30.5 Å². The smallest absolute Gasteiger partial charge is 0.0795 e. The molecule has 1 aliphatic heterocycles. The van der Waals surface area contributed by atoms with Gasteiger partial charge in [-0.2, -0.15) is 0 Å². The van der Waals surface area contributed by atoms with Gasteiger partial charge >= 0.3 is 0 Å². The molecule has 2 rings (SSSR count). The summed E-state index contributed by atoms with van der Waals surface area (Å²) >= 11 is 0. The summed E-state index contributed by atoms with van der Waals surface area (Å²) in [6.07, 6.45) is 1.49. The molecule has 0 spiro atoms. The fourth-order valence-electron chi connectivity index (χ4n) is 2.58. The van der Waals surface area contributed by atoms with Crippen molar-refractivity contribution in [2.45, 2.75) is 32.4 Å². The maximum absolute atomic E-state index is 5.87. The summed E-state index contributed by atoms with van der Waals surface area (Å²) in [5, 5.41) is 3.41. The van der Waals surface area contributed by atoms with Gasteiger partial charge in [0.2, 0.25) is 0 Å². The van der Waals surface area contributed by atoms with Crippen LogP contribution in [0.3, 0.4) is 0 Å². The zero-order valence-electron chi connectivity index (χ0n) is 10.4. The van der Waals surface area contributed by atoms with Gasteiger partial charge in [0, 0.05) is 6.61 Å². The monoisotopic (exact) mass is 219 g/mol. The van der Waals surface area contributed by atoms with Gasteiger partial charge in [0.15, 0.2) is 0 Å². The Morgan fingerprint density at radius 1 is 1.38 bits per heavy atom. The maximum Gasteiger partial charge on any atom is 0.0795 e. The Morgan fingerprint density at radius 2 is 2.12 bits per heavy atom. The lowest BCUT2D eigenvalue weighted by molar-refractivity contribution is 0.0629. The summed E-state index contributed by atoms with van der Waals surface area (Å²) in [5.74, 6) is 0.636. The van der Waals surface area contributed by atoms with E-state index in [1.807, 2.05) is 7.05 Å². The van der Waals surface area contributed by atoms with Gasteiger partial charge in [0.25, 0.3) is 0 Å². The molecule has 1 heterocycles. The number of rotatable bonds is 3. The van der Waals surface area contributed by atoms with E-state index in [1.54, 1.807) is 0 Å². The van der Waals surface area contributed by atoms with E-state index in [0.29, 0.717) is 18.1 Å². The van der Waals surface area contributed by atoms with E-state index >= 15 is 0 Å². The van der Waals surface area contributed by atoms with Crippen molar-refractivity contribution in [2.75, 3.05) is 13.7 Å². The highest BCUT2D eigenvalue weighted by atomic mass is 16.5. The molecule has 0 aliphatic carbocycles. The van der Waals surface area contributed by atoms with Crippen LogP contribution >= 0.6 is 0 Å². The molecule has 3 unspecified atom stereocenters. The third-order valence-electron chi connectivity index (χ3n) is 3.61. The Kier molecular flexibility index (Phi) is 3.62. The van der Waals surface area contributed by atoms with Gasteiger partial charge in [0.1, 0.15) is 0 Å². The van der Waals surface area contributed by atoms with Crippen molar-refractivity contribution in [3.8, 4) is 0 Å². The molecule has 1 saturated heterocycles. The van der Waals surface area contributed by atoms with Crippen LogP contribution in [0.4, 0.5) is 0 Å². The van der Waals surface area contributed by atoms with Crippen LogP contribution in [0.2, 0.25) is 0 Å². The second-order valence-corrected chi connectivity index (χ2v) is 4.72. The van der Waals surface area contributed by atoms with Gasteiger partial charge in [-0.25, -0.2) is 0 Å². The molecule has 0 bridgehead atoms. The van der Waals surface area contributed by atoms with Crippen molar-refractivity contribution < 1.29 is 4.74 Å². The molecule has 1 aromatic carbocycles. The highest BCUT2D eigenvalue weighted by molar-refractivity contribution is 5.29. The molecule has 0 saturated carbocycles. The summed E-state index contributed by atoms with van der Waals surface area (Å²) in [5.41, 5.74) is 2.70. The molecule has 0 amide bonds. The predicted molar refractivity (Wildman–Crippen MR) is 66.5 cm³/mol. The van der Waals surface area contributed by atoms with Crippen molar-refractivity contribution in [3.05, 3.63) is 35.4 Å². The van der Waals surface area contributed by atoms with Crippen molar-refractivity contribution in [2.24, 2.45) is 5.92 Å². The first kappa shape index (κ1) is 11.6. The van der Waals surface area contributed by atoms with E-state index in [2.05, 4.69) is 43.4 Å². The molecule has 1 fully saturated rings. The summed E-state index contributed by atoms with van der Waals surface area (Å²) in [7, 11) is 2.02. The number of likely N-dealkylation sites (N-methyl/N-ethyl adjacent to an activating group) is 1. The third kappa shape index (κ3) is 2.13. The van der Waals surface area contributed by atoms with E-state index < -0.39 is 0 Å². The van der Waals surface area contributed by atoms with Gasteiger partial charge in [-0.15, -0.1) is 0 Å². The molecular formula is C14H21NO. The first-order valence-corrected chi connectivity index (χ1v) is 6.08. The SMILES string of the molecule is CNC(c1ccccc1C)C1OCCC1C. The molecule has 16 heavy (non-hydrogen) atoms. The largest absolute Gasteiger partial charge is 0.376 e. The van der Waals surface area contributed by atoms with Crippen LogP contribution in [-0.2, 0) is 4.74 Å². The Morgan fingerprint density at radius 3 is 2.69 bits per heavy atom. The minimum absolute atomic E-state index is 0.311. The van der Waals surface area contributed by atoms with E-state index in [1.165, 1.54) is 17.5 Å². The quantitative estimate of drug-likeness (QED) is 0.844. The second kappa shape index (κ2) is 4.98. The van der Waals surface area contributed by atoms with Crippen LogP contribution < -0.4 is 5.32 Å². The number of benzene rings is 1. The lowest BCUT2D eigenvalue weighted by Crippen LogP contribution is -2.33. The van der Waals surface area contributed by atoms with Gasteiger partial charge in [0.05, 0.1) is 12.1 Å². The normalized spacial score (nSPS) is 26.9. The van der Waals surface area contributed by atoms with Crippen LogP contribution in [0.15, 0.2) is 24.3 Å². The predicted octanol–water partition coefficient (Wildman–Crippen LogP) is 2.68. The molecule has 1 aromatic rings. The van der Waals surface area contributed by atoms with E-state index in [0.717, 1.165) is 6.61 Å². The minimum Gasteiger partial charge on any atom is -0.376 e. The lowest BCUT2D eigenvalue weighted by Gasteiger charge is -2.27. The van der Waals surface area contributed by atoms with Crippen LogP contribution in [0, 0.1) is 12.8 Å². The summed E-state index contributed by atoms with van der Waals surface area (Å²) in [6, 6.07) is 8.87. The standard InChI is InChI=1S/C14H21NO/c1-10-6-4-5-7-12(10)13(15-3)14-11(2)8-9-16-14/h4-7,11,13-15H,8-9H2,1-3H3. The molecular weight excluding hydrogens is 198 g/mol. The van der Waals surface area contributed by atoms with Crippen molar-refractivity contribution in [3.63, 3.8) is 0 Å². The second-order valence-electron chi connectivity index (χ2n) is 4.72. The van der Waals surface area contributed by atoms with Crippen molar-refractivity contribution in [1.29, 1.82) is 0 Å². The Bertz CT molecular complexity index is 350. The first-order valence-electron chi connectivity index (χ1n) is 6.08. The number of hydrogen-bond acceptors (Lipinski definition) is 2. The van der Waals surface area contributed by atoms with Crippen molar-refractivity contribution in [1.82, 2.24) is 5.32 Å². The van der Waals surface area contributed by atoms with Crippen LogP contribution in [-0.4, -0.2) is 19.8 Å². The number of nitrogens with one attached hydrogen (secondary N) is 1. The number of aryl methyl sites for hydroxylation is 1. The Balaban J connectivity index is 2.25. The zero-order chi connectivity index (χ0) is 11.5. The van der Waals surface area contributed by atoms with Crippen molar-refractivity contribution >= 4 is 0 Å². The van der Waals surface area contributed by atoms with Gasteiger partial charge in [-0.3, -0.25) is 0 Å². The number of hydrogen-bond donors (Lipinski definition) is 1. The van der Waals surface area contributed by atoms with Crippen LogP contribution in [0.25, 0.3) is 0 Å². The highest BCUT2D eigenvalue weighted by Crippen LogP contribution is 2.32. The van der Waals surface area contributed by atoms with Gasteiger partial charge in [-0.05, 0) is 37.4 Å². The molecule has 2 nitrogen and oxygen atoms in total. The third-order valence-corrected chi connectivity index (χ3v) is 3.61. The molecule has 1 N–H and O–H groups in total. The average molecular weight is 219 g/mol. The fraction of sp³-hybridized carbons (Fsp3) is 0.571.